The van der Waals surface area contributed by atoms with Crippen LogP contribution in [-0.4, -0.2) is 18.3 Å². The van der Waals surface area contributed by atoms with Crippen LogP contribution in [0.4, 0.5) is 5.88 Å². The molecule has 1 N–H and O–H groups in total. The van der Waals surface area contributed by atoms with E-state index in [1.54, 1.807) is 6.92 Å². The smallest absolute Gasteiger partial charge is 0.264 e. The Bertz CT molecular complexity index is 888. The number of benzene rings is 1. The van der Waals surface area contributed by atoms with Crippen molar-refractivity contribution >= 4 is 17.6 Å². The van der Waals surface area contributed by atoms with Crippen molar-refractivity contribution < 1.29 is 18.7 Å². The SMILES string of the molecule is CC(=O)c1c(C)oc(NC(=O)COc2cc(C)cc(C)c2C)c1C#N. The van der Waals surface area contributed by atoms with Gasteiger partial charge in [-0.25, -0.2) is 0 Å². The number of nitrogens with one attached hydrogen (secondary N) is 1. The number of aryl methyl sites for hydroxylation is 3. The maximum atomic E-state index is 12.1. The van der Waals surface area contributed by atoms with Crippen LogP contribution in [0.3, 0.4) is 0 Å². The zero-order valence-electron chi connectivity index (χ0n) is 14.9. The van der Waals surface area contributed by atoms with Crippen LogP contribution in [0, 0.1) is 39.0 Å². The average molecular weight is 340 g/mol. The summed E-state index contributed by atoms with van der Waals surface area (Å²) >= 11 is 0. The molecule has 0 saturated carbocycles. The summed E-state index contributed by atoms with van der Waals surface area (Å²) in [5.41, 5.74) is 3.29. The minimum atomic E-state index is -0.473. The van der Waals surface area contributed by atoms with Gasteiger partial charge in [-0.05, 0) is 57.4 Å². The Morgan fingerprint density at radius 3 is 2.52 bits per heavy atom. The van der Waals surface area contributed by atoms with Crippen LogP contribution in [0.25, 0.3) is 0 Å². The first-order valence-corrected chi connectivity index (χ1v) is 7.79. The number of carbonyl (C=O) groups is 2. The quantitative estimate of drug-likeness (QED) is 0.839. The van der Waals surface area contributed by atoms with Crippen LogP contribution in [0.15, 0.2) is 16.5 Å². The van der Waals surface area contributed by atoms with E-state index in [2.05, 4.69) is 5.32 Å². The van der Waals surface area contributed by atoms with Crippen molar-refractivity contribution in [1.29, 1.82) is 5.26 Å². The van der Waals surface area contributed by atoms with E-state index in [1.165, 1.54) is 6.92 Å². The molecule has 2 rings (SSSR count). The zero-order chi connectivity index (χ0) is 18.7. The Kier molecular flexibility index (Phi) is 5.28. The van der Waals surface area contributed by atoms with Gasteiger partial charge in [0.05, 0.1) is 5.56 Å². The monoisotopic (exact) mass is 340 g/mol. The number of ether oxygens (including phenoxy) is 1. The van der Waals surface area contributed by atoms with Crippen LogP contribution in [-0.2, 0) is 4.79 Å². The van der Waals surface area contributed by atoms with Crippen molar-refractivity contribution in [3.8, 4) is 11.8 Å². The van der Waals surface area contributed by atoms with Gasteiger partial charge in [-0.3, -0.25) is 14.9 Å². The Hall–Kier alpha value is -3.07. The topological polar surface area (TPSA) is 92.3 Å². The lowest BCUT2D eigenvalue weighted by Gasteiger charge is -2.12. The third-order valence-corrected chi connectivity index (χ3v) is 3.92. The van der Waals surface area contributed by atoms with Crippen LogP contribution < -0.4 is 10.1 Å². The highest BCUT2D eigenvalue weighted by atomic mass is 16.5. The number of hydrogen-bond acceptors (Lipinski definition) is 5. The molecule has 130 valence electrons. The van der Waals surface area contributed by atoms with E-state index >= 15 is 0 Å². The first-order valence-electron chi connectivity index (χ1n) is 7.79. The fourth-order valence-corrected chi connectivity index (χ4v) is 2.62. The molecule has 0 atom stereocenters. The fraction of sp³-hybridized carbons (Fsp3) is 0.316. The molecule has 0 radical (unpaired) electrons. The lowest BCUT2D eigenvalue weighted by Crippen LogP contribution is -2.20. The second-order valence-electron chi connectivity index (χ2n) is 5.95. The number of nitrogens with zero attached hydrogens (tertiary/aromatic N) is 1. The molecule has 0 bridgehead atoms. The van der Waals surface area contributed by atoms with Gasteiger partial charge in [0.1, 0.15) is 23.1 Å². The standard InChI is InChI=1S/C19H20N2O4/c1-10-6-11(2)12(3)16(7-10)24-9-17(23)21-19-15(8-20)18(13(4)22)14(5)25-19/h6-7H,9H2,1-5H3,(H,21,23). The summed E-state index contributed by atoms with van der Waals surface area (Å²) in [7, 11) is 0. The molecule has 0 aliphatic rings. The maximum Gasteiger partial charge on any atom is 0.264 e. The van der Waals surface area contributed by atoms with Gasteiger partial charge in [0.15, 0.2) is 12.4 Å². The maximum absolute atomic E-state index is 12.1. The van der Waals surface area contributed by atoms with Crippen LogP contribution in [0.2, 0.25) is 0 Å². The first-order chi connectivity index (χ1) is 11.7. The largest absolute Gasteiger partial charge is 0.483 e. The van der Waals surface area contributed by atoms with Gasteiger partial charge in [0, 0.05) is 0 Å². The Morgan fingerprint density at radius 2 is 1.92 bits per heavy atom. The highest BCUT2D eigenvalue weighted by molar-refractivity contribution is 6.01. The van der Waals surface area contributed by atoms with E-state index in [0.717, 1.165) is 16.7 Å². The molecule has 1 amide bonds. The van der Waals surface area contributed by atoms with Crippen molar-refractivity contribution in [3.63, 3.8) is 0 Å². The molecule has 1 aromatic carbocycles. The van der Waals surface area contributed by atoms with E-state index in [9.17, 15) is 14.9 Å². The summed E-state index contributed by atoms with van der Waals surface area (Å²) in [6.45, 7) is 8.53. The molecule has 0 aliphatic heterocycles. The highest BCUT2D eigenvalue weighted by Crippen LogP contribution is 2.27. The number of Topliss-reactive ketones (excluding diaryl/α,β-unsaturated/α-hetero) is 1. The fourth-order valence-electron chi connectivity index (χ4n) is 2.62. The molecule has 2 aromatic rings. The normalized spacial score (nSPS) is 10.2. The second-order valence-corrected chi connectivity index (χ2v) is 5.95. The van der Waals surface area contributed by atoms with E-state index in [-0.39, 0.29) is 29.4 Å². The summed E-state index contributed by atoms with van der Waals surface area (Å²) in [6, 6.07) is 5.80. The summed E-state index contributed by atoms with van der Waals surface area (Å²) < 4.78 is 10.9. The van der Waals surface area contributed by atoms with Gasteiger partial charge in [-0.15, -0.1) is 0 Å². The van der Waals surface area contributed by atoms with Gasteiger partial charge in [0.25, 0.3) is 5.91 Å². The predicted octanol–water partition coefficient (Wildman–Crippen LogP) is 3.61. The van der Waals surface area contributed by atoms with Gasteiger partial charge < -0.3 is 9.15 Å². The molecule has 6 heteroatoms. The Morgan fingerprint density at radius 1 is 1.24 bits per heavy atom. The van der Waals surface area contributed by atoms with Crippen molar-refractivity contribution in [3.05, 3.63) is 45.7 Å². The summed E-state index contributed by atoms with van der Waals surface area (Å²) in [5, 5.41) is 11.7. The summed E-state index contributed by atoms with van der Waals surface area (Å²) in [6.07, 6.45) is 0. The first kappa shape index (κ1) is 18.3. The van der Waals surface area contributed by atoms with E-state index in [4.69, 9.17) is 9.15 Å². The van der Waals surface area contributed by atoms with E-state index in [1.807, 2.05) is 39.0 Å². The molecular weight excluding hydrogens is 320 g/mol. The third-order valence-electron chi connectivity index (χ3n) is 3.92. The second kappa shape index (κ2) is 7.22. The van der Waals surface area contributed by atoms with Crippen molar-refractivity contribution in [2.24, 2.45) is 0 Å². The number of anilines is 1. The number of carbonyl (C=O) groups excluding carboxylic acids is 2. The summed E-state index contributed by atoms with van der Waals surface area (Å²) in [4.78, 5) is 23.7. The molecule has 6 nitrogen and oxygen atoms in total. The number of ketones is 1. The van der Waals surface area contributed by atoms with Gasteiger partial charge >= 0.3 is 0 Å². The lowest BCUT2D eigenvalue weighted by atomic mass is 10.1. The molecule has 0 spiro atoms. The minimum absolute atomic E-state index is 0.0286. The van der Waals surface area contributed by atoms with Gasteiger partial charge in [-0.1, -0.05) is 6.07 Å². The van der Waals surface area contributed by atoms with Gasteiger partial charge in [0.2, 0.25) is 5.88 Å². The van der Waals surface area contributed by atoms with Crippen molar-refractivity contribution in [2.45, 2.75) is 34.6 Å². The van der Waals surface area contributed by atoms with Crippen LogP contribution in [0.5, 0.6) is 5.75 Å². The predicted molar refractivity (Wildman–Crippen MR) is 92.9 cm³/mol. The number of nitriles is 1. The van der Waals surface area contributed by atoms with E-state index < -0.39 is 5.91 Å². The number of furan rings is 1. The highest BCUT2D eigenvalue weighted by Gasteiger charge is 2.22. The number of amides is 1. The minimum Gasteiger partial charge on any atom is -0.483 e. The molecular formula is C19H20N2O4. The molecule has 0 saturated heterocycles. The van der Waals surface area contributed by atoms with Crippen LogP contribution in [0.1, 0.15) is 45.3 Å². The Balaban J connectivity index is 2.13. The lowest BCUT2D eigenvalue weighted by molar-refractivity contribution is -0.118. The van der Waals surface area contributed by atoms with Gasteiger partial charge in [-0.2, -0.15) is 5.26 Å². The van der Waals surface area contributed by atoms with Crippen LogP contribution >= 0.6 is 0 Å². The molecule has 25 heavy (non-hydrogen) atoms. The van der Waals surface area contributed by atoms with Crippen molar-refractivity contribution in [1.82, 2.24) is 0 Å². The summed E-state index contributed by atoms with van der Waals surface area (Å²) in [5.74, 6) is 0.133. The molecule has 0 unspecified atom stereocenters. The Labute approximate surface area is 146 Å². The average Bonchev–Trinajstić information content (AvgIpc) is 2.84. The molecule has 1 aromatic heterocycles. The third kappa shape index (κ3) is 3.89. The molecule has 0 aliphatic carbocycles. The number of rotatable bonds is 5. The molecule has 1 heterocycles. The molecule has 0 fully saturated rings. The zero-order valence-corrected chi connectivity index (χ0v) is 14.9. The number of hydrogen-bond donors (Lipinski definition) is 1. The van der Waals surface area contributed by atoms with Crippen molar-refractivity contribution in [2.75, 3.05) is 11.9 Å². The van der Waals surface area contributed by atoms with E-state index in [0.29, 0.717) is 11.5 Å².